The molecule has 0 saturated heterocycles. The summed E-state index contributed by atoms with van der Waals surface area (Å²) in [6, 6.07) is 1.13. The molecule has 0 bridgehead atoms. The van der Waals surface area contributed by atoms with Crippen molar-refractivity contribution in [2.45, 2.75) is 31.6 Å². The number of allylic oxidation sites excluding steroid dienone is 1. The minimum Gasteiger partial charge on any atom is -0.475 e. The third-order valence-electron chi connectivity index (χ3n) is 2.14. The zero-order valence-electron chi connectivity index (χ0n) is 9.30. The Bertz CT molecular complexity index is 447. The Hall–Kier alpha value is -1.10. The van der Waals surface area contributed by atoms with Crippen LogP contribution in [0.1, 0.15) is 13.8 Å². The van der Waals surface area contributed by atoms with E-state index in [1.165, 1.54) is 6.08 Å². The fourth-order valence-corrected chi connectivity index (χ4v) is 2.27. The van der Waals surface area contributed by atoms with Crippen LogP contribution in [0.4, 0.5) is 0 Å². The lowest BCUT2D eigenvalue weighted by molar-refractivity contribution is -0.0669. The molecule has 1 aliphatic heterocycles. The number of rotatable bonds is 2. The Kier molecular flexibility index (Phi) is 3.28. The van der Waals surface area contributed by atoms with Gasteiger partial charge in [0.05, 0.1) is 12.3 Å². The maximum Gasteiger partial charge on any atom is 0.264 e. The van der Waals surface area contributed by atoms with Crippen molar-refractivity contribution >= 4 is 10.1 Å². The number of hydrogen-bond acceptors (Lipinski definition) is 6. The van der Waals surface area contributed by atoms with Gasteiger partial charge in [-0.1, -0.05) is 0 Å². The highest BCUT2D eigenvalue weighted by molar-refractivity contribution is 7.86. The first-order chi connectivity index (χ1) is 7.15. The van der Waals surface area contributed by atoms with Crippen molar-refractivity contribution in [3.05, 3.63) is 11.8 Å². The average Bonchev–Trinajstić information content (AvgIpc) is 2.09. The van der Waals surface area contributed by atoms with Crippen molar-refractivity contribution in [1.82, 2.24) is 0 Å². The number of hydrogen-bond donors (Lipinski definition) is 1. The summed E-state index contributed by atoms with van der Waals surface area (Å²) in [5, 5.41) is 8.70. The molecule has 2 atom stereocenters. The molecule has 7 heteroatoms. The van der Waals surface area contributed by atoms with Gasteiger partial charge in [-0.25, -0.2) is 0 Å². The molecule has 2 N–H and O–H groups in total. The van der Waals surface area contributed by atoms with Gasteiger partial charge in [-0.3, -0.25) is 4.18 Å². The second-order valence-corrected chi connectivity index (χ2v) is 5.75. The van der Waals surface area contributed by atoms with Crippen LogP contribution in [-0.4, -0.2) is 32.4 Å². The van der Waals surface area contributed by atoms with Crippen molar-refractivity contribution < 1.29 is 17.3 Å². The summed E-state index contributed by atoms with van der Waals surface area (Å²) in [6.45, 7) is 3.24. The van der Waals surface area contributed by atoms with Crippen LogP contribution < -0.4 is 5.73 Å². The SMILES string of the molecule is CC1(C)OC(C#N)=C[C@@H](N)[C@@H]1OS(C)(=O)=O. The second-order valence-electron chi connectivity index (χ2n) is 4.15. The zero-order chi connectivity index (χ0) is 12.6. The number of nitrogens with two attached hydrogens (primary N) is 1. The van der Waals surface area contributed by atoms with Crippen molar-refractivity contribution in [2.24, 2.45) is 5.73 Å². The Balaban J connectivity index is 3.03. The standard InChI is InChI=1S/C9H14N2O4S/c1-9(2)8(15-16(3,12)13)7(11)4-6(5-10)14-9/h4,7-8H,11H2,1-3H3/t7-,8+/m1/s1. The first-order valence-electron chi connectivity index (χ1n) is 4.60. The zero-order valence-corrected chi connectivity index (χ0v) is 10.1. The van der Waals surface area contributed by atoms with Crippen LogP contribution in [0.15, 0.2) is 11.8 Å². The Morgan fingerprint density at radius 2 is 2.19 bits per heavy atom. The van der Waals surface area contributed by atoms with Gasteiger partial charge in [0.15, 0.2) is 5.76 Å². The van der Waals surface area contributed by atoms with Crippen molar-refractivity contribution in [1.29, 1.82) is 5.26 Å². The summed E-state index contributed by atoms with van der Waals surface area (Å²) in [7, 11) is -3.62. The molecule has 0 aromatic carbocycles. The molecule has 0 aromatic rings. The van der Waals surface area contributed by atoms with Crippen molar-refractivity contribution in [3.63, 3.8) is 0 Å². The van der Waals surface area contributed by atoms with Gasteiger partial charge < -0.3 is 10.5 Å². The Morgan fingerprint density at radius 1 is 1.62 bits per heavy atom. The minimum atomic E-state index is -3.62. The normalized spacial score (nSPS) is 28.8. The molecule has 1 rings (SSSR count). The van der Waals surface area contributed by atoms with E-state index in [-0.39, 0.29) is 5.76 Å². The van der Waals surface area contributed by atoms with E-state index < -0.39 is 27.9 Å². The molecule has 0 spiro atoms. The molecule has 16 heavy (non-hydrogen) atoms. The third-order valence-corrected chi connectivity index (χ3v) is 2.70. The summed E-state index contributed by atoms with van der Waals surface area (Å²) in [6.07, 6.45) is 1.44. The lowest BCUT2D eigenvalue weighted by atomic mass is 9.92. The fraction of sp³-hybridized carbons (Fsp3) is 0.667. The maximum absolute atomic E-state index is 11.1. The minimum absolute atomic E-state index is 0.0749. The van der Waals surface area contributed by atoms with E-state index in [9.17, 15) is 8.42 Å². The van der Waals surface area contributed by atoms with Crippen LogP contribution in [0.2, 0.25) is 0 Å². The maximum atomic E-state index is 11.1. The van der Waals surface area contributed by atoms with Crippen LogP contribution in [0.5, 0.6) is 0 Å². The highest BCUT2D eigenvalue weighted by atomic mass is 32.2. The van der Waals surface area contributed by atoms with E-state index in [2.05, 4.69) is 0 Å². The molecule has 1 aliphatic rings. The highest BCUT2D eigenvalue weighted by Gasteiger charge is 2.42. The quantitative estimate of drug-likeness (QED) is 0.681. The molecule has 90 valence electrons. The van der Waals surface area contributed by atoms with Crippen LogP contribution in [0.25, 0.3) is 0 Å². The summed E-state index contributed by atoms with van der Waals surface area (Å²) in [5.41, 5.74) is 4.76. The Labute approximate surface area is 94.8 Å². The second kappa shape index (κ2) is 4.05. The highest BCUT2D eigenvalue weighted by Crippen LogP contribution is 2.29. The summed E-state index contributed by atoms with van der Waals surface area (Å²) in [4.78, 5) is 0. The van der Waals surface area contributed by atoms with Gasteiger partial charge in [0, 0.05) is 0 Å². The lowest BCUT2D eigenvalue weighted by Gasteiger charge is -2.39. The number of nitriles is 1. The van der Waals surface area contributed by atoms with Crippen LogP contribution in [0, 0.1) is 11.3 Å². The lowest BCUT2D eigenvalue weighted by Crippen LogP contribution is -2.54. The van der Waals surface area contributed by atoms with Crippen LogP contribution in [-0.2, 0) is 19.0 Å². The molecule has 0 saturated carbocycles. The van der Waals surface area contributed by atoms with Gasteiger partial charge in [-0.15, -0.1) is 0 Å². The predicted molar refractivity (Wildman–Crippen MR) is 56.6 cm³/mol. The van der Waals surface area contributed by atoms with E-state index in [0.717, 1.165) is 6.26 Å². The number of ether oxygens (including phenoxy) is 1. The molecular weight excluding hydrogens is 232 g/mol. The molecule has 0 aromatic heterocycles. The van der Waals surface area contributed by atoms with Gasteiger partial charge in [-0.05, 0) is 19.9 Å². The van der Waals surface area contributed by atoms with Crippen molar-refractivity contribution in [2.75, 3.05) is 6.26 Å². The van der Waals surface area contributed by atoms with E-state index in [0.29, 0.717) is 0 Å². The van der Waals surface area contributed by atoms with Gasteiger partial charge in [0.1, 0.15) is 17.8 Å². The monoisotopic (exact) mass is 246 g/mol. The molecule has 0 fully saturated rings. The van der Waals surface area contributed by atoms with E-state index in [1.54, 1.807) is 13.8 Å². The molecule has 0 radical (unpaired) electrons. The first kappa shape index (κ1) is 13.0. The fourth-order valence-electron chi connectivity index (χ4n) is 1.53. The largest absolute Gasteiger partial charge is 0.475 e. The van der Waals surface area contributed by atoms with Crippen molar-refractivity contribution in [3.8, 4) is 6.07 Å². The van der Waals surface area contributed by atoms with E-state index in [4.69, 9.17) is 19.9 Å². The molecule has 1 heterocycles. The predicted octanol–water partition coefficient (Wildman–Crippen LogP) is -0.125. The number of nitrogens with zero attached hydrogens (tertiary/aromatic N) is 1. The van der Waals surface area contributed by atoms with E-state index in [1.807, 2.05) is 6.07 Å². The van der Waals surface area contributed by atoms with Gasteiger partial charge >= 0.3 is 0 Å². The molecule has 6 nitrogen and oxygen atoms in total. The molecule has 0 amide bonds. The smallest absolute Gasteiger partial charge is 0.264 e. The van der Waals surface area contributed by atoms with Crippen LogP contribution in [0.3, 0.4) is 0 Å². The Morgan fingerprint density at radius 3 is 2.56 bits per heavy atom. The first-order valence-corrected chi connectivity index (χ1v) is 6.42. The van der Waals surface area contributed by atoms with Gasteiger partial charge in [-0.2, -0.15) is 13.7 Å². The van der Waals surface area contributed by atoms with Crippen LogP contribution >= 0.6 is 0 Å². The molecular formula is C9H14N2O4S. The molecule has 0 aliphatic carbocycles. The average molecular weight is 246 g/mol. The summed E-state index contributed by atoms with van der Waals surface area (Å²) < 4.78 is 32.3. The van der Waals surface area contributed by atoms with Gasteiger partial charge in [0.2, 0.25) is 0 Å². The van der Waals surface area contributed by atoms with E-state index >= 15 is 0 Å². The van der Waals surface area contributed by atoms with Gasteiger partial charge in [0.25, 0.3) is 10.1 Å². The summed E-state index contributed by atoms with van der Waals surface area (Å²) >= 11 is 0. The third kappa shape index (κ3) is 2.95. The topological polar surface area (TPSA) is 102 Å². The summed E-state index contributed by atoms with van der Waals surface area (Å²) in [5.74, 6) is 0.0749. The molecule has 0 unspecified atom stereocenters.